The summed E-state index contributed by atoms with van der Waals surface area (Å²) in [5.74, 6) is -1.13. The van der Waals surface area contributed by atoms with Crippen molar-refractivity contribution in [1.82, 2.24) is 14.7 Å². The van der Waals surface area contributed by atoms with Gasteiger partial charge in [-0.1, -0.05) is 25.1 Å². The number of imide groups is 2. The maximum Gasteiger partial charge on any atom is 0.333 e. The van der Waals surface area contributed by atoms with Gasteiger partial charge in [0.2, 0.25) is 0 Å². The number of carbonyl (C=O) groups is 3. The second-order valence-corrected chi connectivity index (χ2v) is 6.55. The molecule has 7 nitrogen and oxygen atoms in total. The average molecular weight is 356 g/mol. The van der Waals surface area contributed by atoms with Crippen LogP contribution in [0.1, 0.15) is 12.5 Å². The number of rotatable bonds is 3. The molecule has 7 heteroatoms. The number of para-hydroxylation sites is 1. The molecule has 0 unspecified atom stereocenters. The summed E-state index contributed by atoms with van der Waals surface area (Å²) in [6.07, 6.45) is 1.60. The Morgan fingerprint density at radius 3 is 2.08 bits per heavy atom. The number of likely N-dealkylation sites (N-methyl/N-ethyl adjacent to an activating group) is 3. The van der Waals surface area contributed by atoms with Crippen LogP contribution in [-0.4, -0.2) is 79.4 Å². The molecule has 2 fully saturated rings. The van der Waals surface area contributed by atoms with E-state index in [4.69, 9.17) is 0 Å². The molecule has 2 saturated heterocycles. The number of anilines is 1. The maximum atomic E-state index is 12.4. The van der Waals surface area contributed by atoms with Crippen molar-refractivity contribution in [3.05, 3.63) is 35.4 Å². The Hall–Kier alpha value is -2.67. The molecule has 1 aromatic rings. The highest BCUT2D eigenvalue weighted by Gasteiger charge is 2.38. The number of piperazine rings is 1. The molecule has 2 heterocycles. The first kappa shape index (κ1) is 18.1. The van der Waals surface area contributed by atoms with Crippen molar-refractivity contribution in [2.45, 2.75) is 6.92 Å². The number of barbiturate groups is 1. The van der Waals surface area contributed by atoms with Gasteiger partial charge >= 0.3 is 6.03 Å². The Kier molecular flexibility index (Phi) is 5.08. The smallest absolute Gasteiger partial charge is 0.333 e. The van der Waals surface area contributed by atoms with E-state index in [1.54, 1.807) is 6.08 Å². The van der Waals surface area contributed by atoms with Crippen molar-refractivity contribution in [1.29, 1.82) is 0 Å². The molecule has 26 heavy (non-hydrogen) atoms. The highest BCUT2D eigenvalue weighted by molar-refractivity contribution is 6.30. The summed E-state index contributed by atoms with van der Waals surface area (Å²) in [7, 11) is 2.77. The lowest BCUT2D eigenvalue weighted by Crippen LogP contribution is -2.53. The summed E-state index contributed by atoms with van der Waals surface area (Å²) in [5, 5.41) is 0. The number of nitrogens with zero attached hydrogens (tertiary/aromatic N) is 4. The van der Waals surface area contributed by atoms with Crippen molar-refractivity contribution in [2.24, 2.45) is 0 Å². The molecule has 0 aromatic heterocycles. The summed E-state index contributed by atoms with van der Waals surface area (Å²) in [6, 6.07) is 7.13. The van der Waals surface area contributed by atoms with Crippen LogP contribution in [0.25, 0.3) is 6.08 Å². The molecule has 0 N–H and O–H groups in total. The molecule has 0 radical (unpaired) electrons. The number of amides is 4. The van der Waals surface area contributed by atoms with E-state index in [9.17, 15) is 14.4 Å². The van der Waals surface area contributed by atoms with E-state index in [1.807, 2.05) is 24.3 Å². The third-order valence-corrected chi connectivity index (χ3v) is 5.04. The Balaban J connectivity index is 1.93. The van der Waals surface area contributed by atoms with Crippen LogP contribution in [0, 0.1) is 0 Å². The van der Waals surface area contributed by atoms with Crippen LogP contribution in [0.3, 0.4) is 0 Å². The minimum Gasteiger partial charge on any atom is -0.368 e. The topological polar surface area (TPSA) is 64.2 Å². The lowest BCUT2D eigenvalue weighted by Gasteiger charge is -2.36. The SMILES string of the molecule is CCN1CCN(c2ccccc2C=C2C(=O)N(C)C(=O)N(C)C2=O)CC1. The minimum atomic E-state index is -0.610. The molecule has 0 spiro atoms. The molecule has 0 aliphatic carbocycles. The molecule has 2 aliphatic rings. The maximum absolute atomic E-state index is 12.4. The predicted molar refractivity (Wildman–Crippen MR) is 99.7 cm³/mol. The molecular formula is C19H24N4O3. The zero-order valence-electron chi connectivity index (χ0n) is 15.4. The summed E-state index contributed by atoms with van der Waals surface area (Å²) in [4.78, 5) is 43.4. The van der Waals surface area contributed by atoms with Gasteiger partial charge in [0, 0.05) is 46.0 Å². The Bertz CT molecular complexity index is 740. The molecule has 0 bridgehead atoms. The normalized spacial score (nSPS) is 19.4. The lowest BCUT2D eigenvalue weighted by atomic mass is 10.0. The third-order valence-electron chi connectivity index (χ3n) is 5.04. The summed E-state index contributed by atoms with van der Waals surface area (Å²) >= 11 is 0. The van der Waals surface area contributed by atoms with Crippen LogP contribution >= 0.6 is 0 Å². The van der Waals surface area contributed by atoms with Crippen molar-refractivity contribution in [3.8, 4) is 0 Å². The van der Waals surface area contributed by atoms with Crippen LogP contribution in [0.4, 0.5) is 10.5 Å². The molecule has 0 atom stereocenters. The van der Waals surface area contributed by atoms with Gasteiger partial charge in [0.1, 0.15) is 5.57 Å². The van der Waals surface area contributed by atoms with Gasteiger partial charge in [-0.25, -0.2) is 4.79 Å². The first-order chi connectivity index (χ1) is 12.4. The highest BCUT2D eigenvalue weighted by atomic mass is 16.2. The van der Waals surface area contributed by atoms with Crippen molar-refractivity contribution in [2.75, 3.05) is 51.7 Å². The van der Waals surface area contributed by atoms with Gasteiger partial charge < -0.3 is 9.80 Å². The van der Waals surface area contributed by atoms with E-state index in [0.717, 1.165) is 53.8 Å². The van der Waals surface area contributed by atoms with Gasteiger partial charge in [-0.3, -0.25) is 19.4 Å². The van der Waals surface area contributed by atoms with Gasteiger partial charge in [0.25, 0.3) is 11.8 Å². The summed E-state index contributed by atoms with van der Waals surface area (Å²) in [5.41, 5.74) is 1.82. The first-order valence-corrected chi connectivity index (χ1v) is 8.82. The molecule has 2 aliphatic heterocycles. The quantitative estimate of drug-likeness (QED) is 0.603. The lowest BCUT2D eigenvalue weighted by molar-refractivity contribution is -0.134. The van der Waals surface area contributed by atoms with E-state index in [-0.39, 0.29) is 5.57 Å². The summed E-state index contributed by atoms with van der Waals surface area (Å²) < 4.78 is 0. The number of hydrogen-bond donors (Lipinski definition) is 0. The van der Waals surface area contributed by atoms with Crippen molar-refractivity contribution in [3.63, 3.8) is 0 Å². The van der Waals surface area contributed by atoms with E-state index < -0.39 is 17.8 Å². The van der Waals surface area contributed by atoms with Gasteiger partial charge in [0.05, 0.1) is 0 Å². The number of benzene rings is 1. The minimum absolute atomic E-state index is 0.00856. The van der Waals surface area contributed by atoms with Crippen LogP contribution in [0.5, 0.6) is 0 Å². The van der Waals surface area contributed by atoms with Crippen molar-refractivity contribution >= 4 is 29.6 Å². The molecule has 4 amide bonds. The Morgan fingerprint density at radius 1 is 0.923 bits per heavy atom. The van der Waals surface area contributed by atoms with Gasteiger partial charge in [0.15, 0.2) is 0 Å². The van der Waals surface area contributed by atoms with Gasteiger partial charge in [-0.05, 0) is 24.3 Å². The standard InChI is InChI=1S/C19H24N4O3/c1-4-22-9-11-23(12-10-22)16-8-6-5-7-14(16)13-15-17(24)20(2)19(26)21(3)18(15)25/h5-8,13H,4,9-12H2,1-3H3. The fourth-order valence-electron chi connectivity index (χ4n) is 3.33. The molecular weight excluding hydrogens is 332 g/mol. The molecule has 138 valence electrons. The Morgan fingerprint density at radius 2 is 1.50 bits per heavy atom. The van der Waals surface area contributed by atoms with E-state index in [2.05, 4.69) is 16.7 Å². The fourth-order valence-corrected chi connectivity index (χ4v) is 3.33. The molecule has 0 saturated carbocycles. The van der Waals surface area contributed by atoms with Crippen LogP contribution < -0.4 is 4.90 Å². The molecule has 3 rings (SSSR count). The van der Waals surface area contributed by atoms with Crippen LogP contribution in [0.15, 0.2) is 29.8 Å². The number of hydrogen-bond acceptors (Lipinski definition) is 5. The zero-order chi connectivity index (χ0) is 18.8. The Labute approximate surface area is 153 Å². The van der Waals surface area contributed by atoms with Crippen molar-refractivity contribution < 1.29 is 14.4 Å². The monoisotopic (exact) mass is 356 g/mol. The van der Waals surface area contributed by atoms with Gasteiger partial charge in [-0.15, -0.1) is 0 Å². The van der Waals surface area contributed by atoms with E-state index in [1.165, 1.54) is 14.1 Å². The number of urea groups is 1. The van der Waals surface area contributed by atoms with Crippen LogP contribution in [-0.2, 0) is 9.59 Å². The second kappa shape index (κ2) is 7.29. The predicted octanol–water partition coefficient (Wildman–Crippen LogP) is 1.26. The largest absolute Gasteiger partial charge is 0.368 e. The van der Waals surface area contributed by atoms with Crippen LogP contribution in [0.2, 0.25) is 0 Å². The zero-order valence-corrected chi connectivity index (χ0v) is 15.4. The van der Waals surface area contributed by atoms with E-state index >= 15 is 0 Å². The third kappa shape index (κ3) is 3.22. The highest BCUT2D eigenvalue weighted by Crippen LogP contribution is 2.26. The van der Waals surface area contributed by atoms with E-state index in [0.29, 0.717) is 0 Å². The fraction of sp³-hybridized carbons (Fsp3) is 0.421. The average Bonchev–Trinajstić information content (AvgIpc) is 2.68. The number of carbonyl (C=O) groups excluding carboxylic acids is 3. The summed E-state index contributed by atoms with van der Waals surface area (Å²) in [6.45, 7) is 6.96. The first-order valence-electron chi connectivity index (χ1n) is 8.82. The molecule has 1 aromatic carbocycles. The van der Waals surface area contributed by atoms with Gasteiger partial charge in [-0.2, -0.15) is 0 Å². The second-order valence-electron chi connectivity index (χ2n) is 6.55.